The van der Waals surface area contributed by atoms with Crippen LogP contribution >= 0.6 is 74.6 Å². The summed E-state index contributed by atoms with van der Waals surface area (Å²) in [6.07, 6.45) is 0. The van der Waals surface area contributed by atoms with Crippen molar-refractivity contribution in [1.82, 2.24) is 0 Å². The number of hydrogen-bond acceptors (Lipinski definition) is 5. The molecule has 0 radical (unpaired) electrons. The molecule has 1 N–H and O–H groups in total. The van der Waals surface area contributed by atoms with Crippen molar-refractivity contribution in [3.63, 3.8) is 0 Å². The number of fused-ring (bicyclic) bond motifs is 1. The molecule has 32 heavy (non-hydrogen) atoms. The summed E-state index contributed by atoms with van der Waals surface area (Å²) in [6.45, 7) is 0. The first kappa shape index (κ1) is 32.4. The Kier molecular flexibility index (Phi) is 12.5. The minimum absolute atomic E-state index is 0. The average Bonchev–Trinajstić information content (AvgIpc) is 2.82. The molecule has 3 aromatic rings. The average molecular weight is 738 g/mol. The second kappa shape index (κ2) is 12.3. The third kappa shape index (κ3) is 5.62. The molecule has 0 fully saturated rings. The van der Waals surface area contributed by atoms with Crippen LogP contribution in [0.4, 0.5) is 0 Å². The van der Waals surface area contributed by atoms with Crippen LogP contribution in [0.25, 0.3) is 0 Å². The number of halogens is 4. The van der Waals surface area contributed by atoms with E-state index in [9.17, 15) is 19.3 Å². The zero-order valence-corrected chi connectivity index (χ0v) is 30.3. The first-order valence-electron chi connectivity index (χ1n) is 7.98. The fourth-order valence-corrected chi connectivity index (χ4v) is 8.31. The molecular formula is C19H9Br4Na3O5S. The van der Waals surface area contributed by atoms with E-state index in [0.29, 0.717) is 34.6 Å². The number of hydrogen-bond donors (Lipinski definition) is 1. The summed E-state index contributed by atoms with van der Waals surface area (Å²) in [5.41, 5.74) is -0.430. The van der Waals surface area contributed by atoms with Crippen LogP contribution in [0.15, 0.2) is 71.3 Å². The second-order valence-electron chi connectivity index (χ2n) is 6.26. The number of phenolic OH excluding ortho intramolecular Hbond substituents is 1. The van der Waals surface area contributed by atoms with Gasteiger partial charge in [0.15, 0.2) is 5.60 Å². The van der Waals surface area contributed by atoms with Crippen LogP contribution in [0, 0.1) is 0 Å². The van der Waals surface area contributed by atoms with Crippen molar-refractivity contribution < 1.29 is 112 Å². The predicted molar refractivity (Wildman–Crippen MR) is 120 cm³/mol. The molecule has 1 aliphatic rings. The molecule has 0 saturated carbocycles. The van der Waals surface area contributed by atoms with Gasteiger partial charge in [0.1, 0.15) is 5.75 Å². The van der Waals surface area contributed by atoms with E-state index in [0.717, 1.165) is 0 Å². The molecule has 3 aromatic carbocycles. The first-order chi connectivity index (χ1) is 13.6. The molecule has 1 atom stereocenters. The topological polar surface area (TPSA) is 98.6 Å². The van der Waals surface area contributed by atoms with Crippen molar-refractivity contribution >= 4 is 74.6 Å². The second-order valence-corrected chi connectivity index (χ2v) is 11.2. The molecule has 0 bridgehead atoms. The van der Waals surface area contributed by atoms with Crippen molar-refractivity contribution in [2.24, 2.45) is 0 Å². The summed E-state index contributed by atoms with van der Waals surface area (Å²) in [4.78, 5) is 0.0249. The van der Waals surface area contributed by atoms with Crippen LogP contribution in [0.3, 0.4) is 0 Å². The largest absolute Gasteiger partial charge is 1.00 e. The predicted octanol–water partition coefficient (Wildman–Crippen LogP) is -2.81. The molecular weight excluding hydrogens is 729 g/mol. The van der Waals surface area contributed by atoms with Gasteiger partial charge in [-0.05, 0) is 23.1 Å². The molecule has 0 spiro atoms. The standard InChI is InChI=1S/C19H12Br4O5S.3Na/c20-12-5-9(24)6-13(21)17(12)19(18-14(22)7-10(25)8-15(18)23)11-3-1-2-4-16(11)29(26,27)28-19;;;/h1-8,24-27H;;;/q;3*+1/p-3. The number of rotatable bonds is 2. The van der Waals surface area contributed by atoms with Crippen LogP contribution in [0.5, 0.6) is 11.5 Å². The summed E-state index contributed by atoms with van der Waals surface area (Å²) >= 11 is 13.7. The van der Waals surface area contributed by atoms with Crippen molar-refractivity contribution in [2.75, 3.05) is 0 Å². The Balaban J connectivity index is 0.00000171. The van der Waals surface area contributed by atoms with E-state index in [1.54, 1.807) is 18.2 Å². The molecule has 5 nitrogen and oxygen atoms in total. The molecule has 152 valence electrons. The van der Waals surface area contributed by atoms with Gasteiger partial charge in [-0.2, -0.15) is 0 Å². The Hall–Kier alpha value is 2.41. The Morgan fingerprint density at radius 3 is 1.72 bits per heavy atom. The summed E-state index contributed by atoms with van der Waals surface area (Å²) in [7, 11) is -4.12. The molecule has 1 heterocycles. The maximum atomic E-state index is 13.0. The summed E-state index contributed by atoms with van der Waals surface area (Å²) in [5, 5.41) is 22.0. The molecule has 1 unspecified atom stereocenters. The van der Waals surface area contributed by atoms with Crippen LogP contribution in [0.2, 0.25) is 0 Å². The number of phenols is 1. The smallest absolute Gasteiger partial charge is 0.872 e. The Morgan fingerprint density at radius 1 is 0.781 bits per heavy atom. The Bertz CT molecular complexity index is 1060. The van der Waals surface area contributed by atoms with Gasteiger partial charge in [-0.25, -0.2) is 0 Å². The van der Waals surface area contributed by atoms with E-state index in [1.165, 1.54) is 30.3 Å². The third-order valence-corrected chi connectivity index (χ3v) is 8.38. The number of benzene rings is 3. The van der Waals surface area contributed by atoms with Crippen molar-refractivity contribution in [2.45, 2.75) is 10.5 Å². The molecule has 1 aliphatic heterocycles. The van der Waals surface area contributed by atoms with E-state index < -0.39 is 16.5 Å². The monoisotopic (exact) mass is 734 g/mol. The maximum Gasteiger partial charge on any atom is 1.00 e. The molecule has 0 aromatic heterocycles. The summed E-state index contributed by atoms with van der Waals surface area (Å²) < 4.78 is 33.4. The minimum Gasteiger partial charge on any atom is -0.872 e. The van der Waals surface area contributed by atoms with Crippen molar-refractivity contribution in [3.05, 3.63) is 83.1 Å². The van der Waals surface area contributed by atoms with Gasteiger partial charge in [0.2, 0.25) is 0 Å². The van der Waals surface area contributed by atoms with Crippen molar-refractivity contribution in [1.29, 1.82) is 0 Å². The normalized spacial score (nSPS) is 19.1. The summed E-state index contributed by atoms with van der Waals surface area (Å²) in [5.74, 6) is -0.287. The van der Waals surface area contributed by atoms with Gasteiger partial charge in [-0.3, -0.25) is 10.9 Å². The van der Waals surface area contributed by atoms with Gasteiger partial charge in [0, 0.05) is 34.6 Å². The van der Waals surface area contributed by atoms with Gasteiger partial charge in [0.25, 0.3) is 0 Å². The molecule has 4 rings (SSSR count). The van der Waals surface area contributed by atoms with E-state index in [4.69, 9.17) is 4.18 Å². The zero-order chi connectivity index (χ0) is 21.1. The Morgan fingerprint density at radius 2 is 1.22 bits per heavy atom. The Labute approximate surface area is 287 Å². The third-order valence-electron chi connectivity index (χ3n) is 4.52. The quantitative estimate of drug-likeness (QED) is 0.287. The van der Waals surface area contributed by atoms with Gasteiger partial charge in [-0.1, -0.05) is 94.1 Å². The zero-order valence-electron chi connectivity index (χ0n) is 17.1. The van der Waals surface area contributed by atoms with Crippen LogP contribution in [-0.2, 0) is 9.78 Å². The van der Waals surface area contributed by atoms with Crippen LogP contribution in [0.1, 0.15) is 16.7 Å². The SMILES string of the molecule is [Na+].[Na+].[Na+].[O-]c1cc(Br)c(C2(c3c(Br)cc(O)cc3Br)OS([O-])([O-])c3ccccc32)c(Br)c1. The van der Waals surface area contributed by atoms with Gasteiger partial charge >= 0.3 is 88.7 Å². The maximum absolute atomic E-state index is 13.0. The van der Waals surface area contributed by atoms with Crippen molar-refractivity contribution in [3.8, 4) is 11.5 Å². The van der Waals surface area contributed by atoms with E-state index in [2.05, 4.69) is 63.7 Å². The molecule has 0 amide bonds. The number of aromatic hydroxyl groups is 1. The molecule has 13 heteroatoms. The van der Waals surface area contributed by atoms with E-state index in [-0.39, 0.29) is 105 Å². The summed E-state index contributed by atoms with van der Waals surface area (Å²) in [6, 6.07) is 12.0. The first-order valence-corrected chi connectivity index (χ1v) is 12.6. The van der Waals surface area contributed by atoms with Gasteiger partial charge in [-0.15, -0.1) is 5.75 Å². The van der Waals surface area contributed by atoms with E-state index in [1.807, 2.05) is 0 Å². The van der Waals surface area contributed by atoms with Gasteiger partial charge < -0.3 is 23.5 Å². The minimum atomic E-state index is -4.12. The fraction of sp³-hybridized carbons (Fsp3) is 0.0526. The van der Waals surface area contributed by atoms with E-state index >= 15 is 0 Å². The molecule has 0 saturated heterocycles. The fourth-order valence-electron chi connectivity index (χ4n) is 3.49. The van der Waals surface area contributed by atoms with Gasteiger partial charge in [0.05, 0.1) is 0 Å². The molecule has 0 aliphatic carbocycles. The van der Waals surface area contributed by atoms with Crippen LogP contribution < -0.4 is 93.8 Å². The van der Waals surface area contributed by atoms with Crippen LogP contribution in [-0.4, -0.2) is 14.2 Å².